The van der Waals surface area contributed by atoms with E-state index in [1.165, 1.54) is 19.3 Å². The quantitative estimate of drug-likeness (QED) is 0.637. The van der Waals surface area contributed by atoms with Crippen LogP contribution in [-0.2, 0) is 0 Å². The fourth-order valence-electron chi connectivity index (χ4n) is 2.05. The first-order chi connectivity index (χ1) is 9.04. The predicted molar refractivity (Wildman–Crippen MR) is 72.8 cm³/mol. The van der Waals surface area contributed by atoms with E-state index in [1.54, 1.807) is 0 Å². The van der Waals surface area contributed by atoms with E-state index in [-0.39, 0.29) is 11.7 Å². The molecule has 1 unspecified atom stereocenters. The van der Waals surface area contributed by atoms with Crippen molar-refractivity contribution < 1.29 is 13.2 Å². The van der Waals surface area contributed by atoms with Gasteiger partial charge in [0.2, 0.25) is 0 Å². The lowest BCUT2D eigenvalue weighted by atomic mass is 10.1. The zero-order valence-corrected chi connectivity index (χ0v) is 11.6. The lowest BCUT2D eigenvalue weighted by molar-refractivity contribution is 0.537. The number of unbranched alkanes of at least 4 members (excludes halogenated alkanes) is 4. The number of rotatable bonds is 8. The SMILES string of the molecule is CCCCCCCC(C)Nc1c(F)cc(F)cc1F. The molecule has 1 atom stereocenters. The van der Waals surface area contributed by atoms with Crippen LogP contribution in [0.5, 0.6) is 0 Å². The summed E-state index contributed by atoms with van der Waals surface area (Å²) < 4.78 is 39.6. The molecule has 0 aliphatic carbocycles. The van der Waals surface area contributed by atoms with Gasteiger partial charge < -0.3 is 5.32 Å². The molecule has 0 aliphatic heterocycles. The van der Waals surface area contributed by atoms with Gasteiger partial charge in [0.25, 0.3) is 0 Å². The largest absolute Gasteiger partial charge is 0.378 e. The van der Waals surface area contributed by atoms with Gasteiger partial charge >= 0.3 is 0 Å². The average molecular weight is 273 g/mol. The molecule has 0 saturated carbocycles. The highest BCUT2D eigenvalue weighted by atomic mass is 19.1. The number of hydrogen-bond donors (Lipinski definition) is 1. The molecule has 0 amide bonds. The fourth-order valence-corrected chi connectivity index (χ4v) is 2.05. The summed E-state index contributed by atoms with van der Waals surface area (Å²) in [6, 6.07) is 1.36. The van der Waals surface area contributed by atoms with Gasteiger partial charge in [-0.15, -0.1) is 0 Å². The van der Waals surface area contributed by atoms with E-state index in [0.717, 1.165) is 19.3 Å². The summed E-state index contributed by atoms with van der Waals surface area (Å²) in [5.41, 5.74) is -0.234. The standard InChI is InChI=1S/C15H22F3N/c1-3-4-5-6-7-8-11(2)19-15-13(17)9-12(16)10-14(15)18/h9-11,19H,3-8H2,1-2H3. The van der Waals surface area contributed by atoms with Gasteiger partial charge in [-0.25, -0.2) is 13.2 Å². The summed E-state index contributed by atoms with van der Waals surface area (Å²) in [6.45, 7) is 4.03. The first-order valence-electron chi connectivity index (χ1n) is 6.95. The number of nitrogens with one attached hydrogen (secondary N) is 1. The van der Waals surface area contributed by atoms with Crippen molar-refractivity contribution in [3.63, 3.8) is 0 Å². The minimum Gasteiger partial charge on any atom is -0.378 e. The molecule has 19 heavy (non-hydrogen) atoms. The summed E-state index contributed by atoms with van der Waals surface area (Å²) >= 11 is 0. The molecule has 108 valence electrons. The van der Waals surface area contributed by atoms with Gasteiger partial charge in [0, 0.05) is 18.2 Å². The van der Waals surface area contributed by atoms with E-state index < -0.39 is 17.5 Å². The van der Waals surface area contributed by atoms with Crippen molar-refractivity contribution in [1.29, 1.82) is 0 Å². The van der Waals surface area contributed by atoms with Crippen LogP contribution < -0.4 is 5.32 Å². The normalized spacial score (nSPS) is 12.5. The molecule has 1 N–H and O–H groups in total. The maximum Gasteiger partial charge on any atom is 0.152 e. The van der Waals surface area contributed by atoms with Gasteiger partial charge in [-0.1, -0.05) is 39.0 Å². The molecule has 1 nitrogen and oxygen atoms in total. The molecule has 0 spiro atoms. The molecular weight excluding hydrogens is 251 g/mol. The first-order valence-corrected chi connectivity index (χ1v) is 6.95. The Labute approximate surface area is 113 Å². The Morgan fingerprint density at radius 2 is 1.58 bits per heavy atom. The van der Waals surface area contributed by atoms with Gasteiger partial charge in [0.15, 0.2) is 11.6 Å². The highest BCUT2D eigenvalue weighted by molar-refractivity contribution is 5.47. The second-order valence-corrected chi connectivity index (χ2v) is 4.99. The average Bonchev–Trinajstić information content (AvgIpc) is 2.33. The Bertz CT molecular complexity index is 370. The summed E-state index contributed by atoms with van der Waals surface area (Å²) in [5.74, 6) is -2.65. The molecule has 0 saturated heterocycles. The number of hydrogen-bond acceptors (Lipinski definition) is 1. The zero-order valence-electron chi connectivity index (χ0n) is 11.6. The van der Waals surface area contributed by atoms with Gasteiger partial charge in [-0.2, -0.15) is 0 Å². The van der Waals surface area contributed by atoms with E-state index in [9.17, 15) is 13.2 Å². The molecule has 0 bridgehead atoms. The Kier molecular flexibility index (Phi) is 6.74. The van der Waals surface area contributed by atoms with Gasteiger partial charge in [0.1, 0.15) is 11.5 Å². The molecule has 0 aromatic heterocycles. The summed E-state index contributed by atoms with van der Waals surface area (Å²) in [7, 11) is 0. The Balaban J connectivity index is 2.42. The second-order valence-electron chi connectivity index (χ2n) is 4.99. The number of benzene rings is 1. The van der Waals surface area contributed by atoms with E-state index in [2.05, 4.69) is 12.2 Å². The number of anilines is 1. The summed E-state index contributed by atoms with van der Waals surface area (Å²) in [6.07, 6.45) is 6.62. The van der Waals surface area contributed by atoms with E-state index in [4.69, 9.17) is 0 Å². The van der Waals surface area contributed by atoms with Crippen LogP contribution in [0.1, 0.15) is 52.4 Å². The molecule has 0 aliphatic rings. The highest BCUT2D eigenvalue weighted by Crippen LogP contribution is 2.22. The molecule has 0 radical (unpaired) electrons. The zero-order chi connectivity index (χ0) is 14.3. The maximum absolute atomic E-state index is 13.4. The van der Waals surface area contributed by atoms with Crippen LogP contribution in [-0.4, -0.2) is 6.04 Å². The predicted octanol–water partition coefficient (Wildman–Crippen LogP) is 5.26. The van der Waals surface area contributed by atoms with Crippen molar-refractivity contribution in [2.45, 2.75) is 58.4 Å². The van der Waals surface area contributed by atoms with Crippen molar-refractivity contribution >= 4 is 5.69 Å². The van der Waals surface area contributed by atoms with Crippen LogP contribution in [0.2, 0.25) is 0 Å². The third-order valence-corrected chi connectivity index (χ3v) is 3.14. The molecule has 1 aromatic rings. The lowest BCUT2D eigenvalue weighted by Gasteiger charge is -2.16. The Morgan fingerprint density at radius 3 is 2.16 bits per heavy atom. The molecule has 4 heteroatoms. The molecular formula is C15H22F3N. The summed E-state index contributed by atoms with van der Waals surface area (Å²) in [5, 5.41) is 2.78. The first kappa shape index (κ1) is 15.9. The monoisotopic (exact) mass is 273 g/mol. The van der Waals surface area contributed by atoms with E-state index in [0.29, 0.717) is 12.1 Å². The molecule has 0 fully saturated rings. The minimum absolute atomic E-state index is 0.0314. The van der Waals surface area contributed by atoms with E-state index in [1.807, 2.05) is 6.92 Å². The van der Waals surface area contributed by atoms with Crippen LogP contribution in [0.4, 0.5) is 18.9 Å². The third kappa shape index (κ3) is 5.53. The number of halogens is 3. The highest BCUT2D eigenvalue weighted by Gasteiger charge is 2.13. The van der Waals surface area contributed by atoms with Crippen LogP contribution in [0.25, 0.3) is 0 Å². The van der Waals surface area contributed by atoms with Crippen LogP contribution in [0, 0.1) is 17.5 Å². The van der Waals surface area contributed by atoms with Gasteiger partial charge in [-0.05, 0) is 13.3 Å². The minimum atomic E-state index is -0.896. The molecule has 1 rings (SSSR count). The van der Waals surface area contributed by atoms with Gasteiger partial charge in [0.05, 0.1) is 0 Å². The van der Waals surface area contributed by atoms with E-state index >= 15 is 0 Å². The van der Waals surface area contributed by atoms with Crippen molar-refractivity contribution in [2.75, 3.05) is 5.32 Å². The van der Waals surface area contributed by atoms with Crippen LogP contribution >= 0.6 is 0 Å². The fraction of sp³-hybridized carbons (Fsp3) is 0.600. The second kappa shape index (κ2) is 8.08. The van der Waals surface area contributed by atoms with Crippen molar-refractivity contribution in [2.24, 2.45) is 0 Å². The Morgan fingerprint density at radius 1 is 1.00 bits per heavy atom. The van der Waals surface area contributed by atoms with Crippen molar-refractivity contribution in [3.05, 3.63) is 29.6 Å². The van der Waals surface area contributed by atoms with Crippen molar-refractivity contribution in [3.8, 4) is 0 Å². The molecule has 1 aromatic carbocycles. The van der Waals surface area contributed by atoms with Crippen molar-refractivity contribution in [1.82, 2.24) is 0 Å². The summed E-state index contributed by atoms with van der Waals surface area (Å²) in [4.78, 5) is 0. The third-order valence-electron chi connectivity index (χ3n) is 3.14. The van der Waals surface area contributed by atoms with Crippen LogP contribution in [0.15, 0.2) is 12.1 Å². The van der Waals surface area contributed by atoms with Crippen LogP contribution in [0.3, 0.4) is 0 Å². The smallest absolute Gasteiger partial charge is 0.152 e. The Hall–Kier alpha value is -1.19. The van der Waals surface area contributed by atoms with Gasteiger partial charge in [-0.3, -0.25) is 0 Å². The maximum atomic E-state index is 13.4. The topological polar surface area (TPSA) is 12.0 Å². The lowest BCUT2D eigenvalue weighted by Crippen LogP contribution is -2.17. The molecule has 0 heterocycles.